The van der Waals surface area contributed by atoms with Crippen molar-refractivity contribution in [2.45, 2.75) is 26.4 Å². The number of hydrogen-bond acceptors (Lipinski definition) is 3. The number of hydrogen-bond donors (Lipinski definition) is 1. The van der Waals surface area contributed by atoms with Gasteiger partial charge in [-0.05, 0) is 18.5 Å². The molecule has 0 aliphatic carbocycles. The molecule has 0 fully saturated rings. The van der Waals surface area contributed by atoms with Crippen molar-refractivity contribution in [1.82, 2.24) is 20.3 Å². The van der Waals surface area contributed by atoms with Crippen molar-refractivity contribution in [1.29, 1.82) is 0 Å². The van der Waals surface area contributed by atoms with Crippen LogP contribution in [0.1, 0.15) is 18.2 Å². The Morgan fingerprint density at radius 3 is 2.82 bits per heavy atom. The van der Waals surface area contributed by atoms with Gasteiger partial charge >= 0.3 is 0 Å². The maximum Gasteiger partial charge on any atom is 0.0964 e. The van der Waals surface area contributed by atoms with Crippen molar-refractivity contribution in [3.8, 4) is 0 Å². The maximum absolute atomic E-state index is 4.12. The van der Waals surface area contributed by atoms with Crippen LogP contribution in [0.25, 0.3) is 0 Å². The molecule has 0 amide bonds. The summed E-state index contributed by atoms with van der Waals surface area (Å²) in [7, 11) is 0. The van der Waals surface area contributed by atoms with Gasteiger partial charge in [0.2, 0.25) is 0 Å². The molecule has 0 saturated carbocycles. The molecule has 90 valence electrons. The van der Waals surface area contributed by atoms with Crippen LogP contribution in [0.4, 0.5) is 0 Å². The number of benzene rings is 1. The zero-order chi connectivity index (χ0) is 11.9. The average Bonchev–Trinajstić information content (AvgIpc) is 2.83. The van der Waals surface area contributed by atoms with Crippen LogP contribution in [0.15, 0.2) is 36.5 Å². The van der Waals surface area contributed by atoms with E-state index < -0.39 is 0 Å². The van der Waals surface area contributed by atoms with E-state index in [0.717, 1.165) is 31.7 Å². The van der Waals surface area contributed by atoms with Crippen LogP contribution in [0, 0.1) is 0 Å². The van der Waals surface area contributed by atoms with Gasteiger partial charge in [-0.2, -0.15) is 0 Å². The summed E-state index contributed by atoms with van der Waals surface area (Å²) < 4.78 is 1.90. The lowest BCUT2D eigenvalue weighted by Crippen LogP contribution is -2.11. The highest BCUT2D eigenvalue weighted by Gasteiger charge is 2.00. The summed E-state index contributed by atoms with van der Waals surface area (Å²) in [4.78, 5) is 0. The topological polar surface area (TPSA) is 42.7 Å². The molecule has 0 aliphatic rings. The zero-order valence-electron chi connectivity index (χ0n) is 10.1. The highest BCUT2D eigenvalue weighted by atomic mass is 15.4. The van der Waals surface area contributed by atoms with Gasteiger partial charge in [0.05, 0.1) is 5.69 Å². The van der Waals surface area contributed by atoms with Gasteiger partial charge in [-0.3, -0.25) is 4.68 Å². The Hall–Kier alpha value is -1.68. The second kappa shape index (κ2) is 6.15. The molecule has 0 spiro atoms. The fourth-order valence-corrected chi connectivity index (χ4v) is 1.67. The van der Waals surface area contributed by atoms with Gasteiger partial charge in [0.15, 0.2) is 0 Å². The van der Waals surface area contributed by atoms with Gasteiger partial charge in [0.25, 0.3) is 0 Å². The molecule has 2 rings (SSSR count). The molecule has 0 bridgehead atoms. The monoisotopic (exact) mass is 230 g/mol. The van der Waals surface area contributed by atoms with Gasteiger partial charge in [-0.15, -0.1) is 5.10 Å². The maximum atomic E-state index is 4.12. The second-order valence-electron chi connectivity index (χ2n) is 3.99. The first kappa shape index (κ1) is 11.8. The molecule has 17 heavy (non-hydrogen) atoms. The molecular formula is C13H18N4. The quantitative estimate of drug-likeness (QED) is 0.820. The van der Waals surface area contributed by atoms with Crippen LogP contribution in [-0.4, -0.2) is 21.5 Å². The third kappa shape index (κ3) is 3.67. The molecule has 0 saturated heterocycles. The Kier molecular flexibility index (Phi) is 4.27. The van der Waals surface area contributed by atoms with Crippen LogP contribution >= 0.6 is 0 Å². The second-order valence-corrected chi connectivity index (χ2v) is 3.99. The lowest BCUT2D eigenvalue weighted by atomic mass is 10.1. The Bertz CT molecular complexity index is 436. The molecule has 0 aliphatic heterocycles. The molecule has 4 nitrogen and oxygen atoms in total. The normalized spacial score (nSPS) is 10.6. The fraction of sp³-hybridized carbons (Fsp3) is 0.385. The molecule has 1 heterocycles. The molecule has 0 atom stereocenters. The number of aryl methyl sites for hydroxylation is 2. The number of nitrogens with zero attached hydrogens (tertiary/aromatic N) is 3. The predicted molar refractivity (Wildman–Crippen MR) is 67.5 cm³/mol. The first-order valence-corrected chi connectivity index (χ1v) is 6.02. The number of rotatable bonds is 6. The lowest BCUT2D eigenvalue weighted by molar-refractivity contribution is 0.589. The van der Waals surface area contributed by atoms with Crippen LogP contribution in [-0.2, 0) is 19.5 Å². The minimum atomic E-state index is 0.793. The summed E-state index contributed by atoms with van der Waals surface area (Å²) in [5.41, 5.74) is 2.33. The Morgan fingerprint density at radius 1 is 1.24 bits per heavy atom. The summed E-state index contributed by atoms with van der Waals surface area (Å²) in [6, 6.07) is 10.4. The van der Waals surface area contributed by atoms with E-state index in [1.807, 2.05) is 16.9 Å². The Balaban J connectivity index is 1.85. The summed E-state index contributed by atoms with van der Waals surface area (Å²) in [5, 5.41) is 11.5. The van der Waals surface area contributed by atoms with Crippen LogP contribution in [0.2, 0.25) is 0 Å². The van der Waals surface area contributed by atoms with E-state index in [1.54, 1.807) is 0 Å². The molecule has 1 aromatic heterocycles. The summed E-state index contributed by atoms with van der Waals surface area (Å²) in [5.74, 6) is 0. The largest absolute Gasteiger partial charge is 0.311 e. The SMILES string of the molecule is CCNCc1cn(CCc2ccccc2)nn1. The van der Waals surface area contributed by atoms with E-state index in [9.17, 15) is 0 Å². The summed E-state index contributed by atoms with van der Waals surface area (Å²) in [6.07, 6.45) is 3.00. The summed E-state index contributed by atoms with van der Waals surface area (Å²) in [6.45, 7) is 4.71. The molecule has 2 aromatic rings. The highest BCUT2D eigenvalue weighted by Crippen LogP contribution is 2.01. The minimum absolute atomic E-state index is 0.793. The van der Waals surface area contributed by atoms with E-state index in [-0.39, 0.29) is 0 Å². The van der Waals surface area contributed by atoms with Crippen LogP contribution in [0.3, 0.4) is 0 Å². The van der Waals surface area contributed by atoms with Gasteiger partial charge in [-0.25, -0.2) is 0 Å². The smallest absolute Gasteiger partial charge is 0.0964 e. The van der Waals surface area contributed by atoms with Gasteiger partial charge in [0.1, 0.15) is 0 Å². The first-order valence-electron chi connectivity index (χ1n) is 6.02. The predicted octanol–water partition coefficient (Wildman–Crippen LogP) is 1.63. The van der Waals surface area contributed by atoms with E-state index in [2.05, 4.69) is 46.8 Å². The Morgan fingerprint density at radius 2 is 2.06 bits per heavy atom. The van der Waals surface area contributed by atoms with Crippen molar-refractivity contribution < 1.29 is 0 Å². The number of nitrogens with one attached hydrogen (secondary N) is 1. The van der Waals surface area contributed by atoms with Gasteiger partial charge in [-0.1, -0.05) is 42.5 Å². The first-order chi connectivity index (χ1) is 8.38. The molecule has 0 unspecified atom stereocenters. The highest BCUT2D eigenvalue weighted by molar-refractivity contribution is 5.14. The number of aromatic nitrogens is 3. The van der Waals surface area contributed by atoms with Crippen LogP contribution in [0.5, 0.6) is 0 Å². The summed E-state index contributed by atoms with van der Waals surface area (Å²) >= 11 is 0. The molecular weight excluding hydrogens is 212 g/mol. The average molecular weight is 230 g/mol. The molecule has 1 aromatic carbocycles. The van der Waals surface area contributed by atoms with Crippen molar-refractivity contribution >= 4 is 0 Å². The molecule has 1 N–H and O–H groups in total. The molecule has 0 radical (unpaired) electrons. The van der Waals surface area contributed by atoms with Crippen molar-refractivity contribution in [3.05, 3.63) is 47.8 Å². The third-order valence-electron chi connectivity index (χ3n) is 2.61. The van der Waals surface area contributed by atoms with Crippen LogP contribution < -0.4 is 5.32 Å². The van der Waals surface area contributed by atoms with E-state index in [1.165, 1.54) is 5.56 Å². The van der Waals surface area contributed by atoms with Gasteiger partial charge in [0, 0.05) is 19.3 Å². The zero-order valence-corrected chi connectivity index (χ0v) is 10.1. The van der Waals surface area contributed by atoms with E-state index in [0.29, 0.717) is 0 Å². The fourth-order valence-electron chi connectivity index (χ4n) is 1.67. The standard InChI is InChI=1S/C13H18N4/c1-2-14-10-13-11-17(16-15-13)9-8-12-6-4-3-5-7-12/h3-7,11,14H,2,8-10H2,1H3. The van der Waals surface area contributed by atoms with Crippen molar-refractivity contribution in [3.63, 3.8) is 0 Å². The van der Waals surface area contributed by atoms with Crippen molar-refractivity contribution in [2.75, 3.05) is 6.54 Å². The third-order valence-corrected chi connectivity index (χ3v) is 2.61. The van der Waals surface area contributed by atoms with Crippen molar-refractivity contribution in [2.24, 2.45) is 0 Å². The van der Waals surface area contributed by atoms with E-state index >= 15 is 0 Å². The van der Waals surface area contributed by atoms with Gasteiger partial charge < -0.3 is 5.32 Å². The lowest BCUT2D eigenvalue weighted by Gasteiger charge is -2.00. The molecule has 4 heteroatoms. The Labute approximate surface area is 102 Å². The minimum Gasteiger partial charge on any atom is -0.311 e. The van der Waals surface area contributed by atoms with E-state index in [4.69, 9.17) is 0 Å².